The van der Waals surface area contributed by atoms with E-state index < -0.39 is 0 Å². The second kappa shape index (κ2) is 2.84. The fraction of sp³-hybridized carbons (Fsp3) is 0.417. The van der Waals surface area contributed by atoms with E-state index in [2.05, 4.69) is 25.8 Å². The van der Waals surface area contributed by atoms with E-state index in [4.69, 9.17) is 4.42 Å². The summed E-state index contributed by atoms with van der Waals surface area (Å²) < 4.78 is 5.60. The topological polar surface area (TPSA) is 26.0 Å². The van der Waals surface area contributed by atoms with E-state index in [1.807, 2.05) is 13.8 Å². The standard InChI is InChI=1S/C12H15NO/c1-6-7(2)11-8(3)10(5)14-12(11)13-9(6)4/h1-5H3. The summed E-state index contributed by atoms with van der Waals surface area (Å²) >= 11 is 0. The van der Waals surface area contributed by atoms with Crippen LogP contribution in [0.5, 0.6) is 0 Å². The third kappa shape index (κ3) is 1.07. The maximum absolute atomic E-state index is 5.60. The lowest BCUT2D eigenvalue weighted by atomic mass is 10.0. The highest BCUT2D eigenvalue weighted by atomic mass is 16.3. The normalized spacial score (nSPS) is 11.2. The first-order valence-corrected chi connectivity index (χ1v) is 4.86. The summed E-state index contributed by atoms with van der Waals surface area (Å²) in [6.07, 6.45) is 0. The predicted molar refractivity (Wildman–Crippen MR) is 57.7 cm³/mol. The molecule has 0 saturated carbocycles. The van der Waals surface area contributed by atoms with Crippen LogP contribution in [-0.4, -0.2) is 4.98 Å². The van der Waals surface area contributed by atoms with Gasteiger partial charge in [-0.25, -0.2) is 4.98 Å². The number of pyridine rings is 1. The van der Waals surface area contributed by atoms with E-state index in [9.17, 15) is 0 Å². The van der Waals surface area contributed by atoms with Crippen molar-refractivity contribution < 1.29 is 4.42 Å². The maximum atomic E-state index is 5.60. The molecule has 0 unspecified atom stereocenters. The molecule has 0 N–H and O–H groups in total. The molecule has 0 fully saturated rings. The number of hydrogen-bond donors (Lipinski definition) is 0. The molecule has 2 nitrogen and oxygen atoms in total. The molecule has 0 bridgehead atoms. The Hall–Kier alpha value is -1.31. The first-order valence-electron chi connectivity index (χ1n) is 4.86. The minimum Gasteiger partial charge on any atom is -0.443 e. The molecule has 0 aliphatic rings. The molecule has 14 heavy (non-hydrogen) atoms. The first kappa shape index (κ1) is 9.25. The van der Waals surface area contributed by atoms with Gasteiger partial charge in [0.25, 0.3) is 0 Å². The van der Waals surface area contributed by atoms with Gasteiger partial charge in [-0.1, -0.05) is 0 Å². The molecule has 2 heterocycles. The Bertz CT molecular complexity index is 509. The number of fused-ring (bicyclic) bond motifs is 1. The fourth-order valence-electron chi connectivity index (χ4n) is 1.82. The molecule has 2 rings (SSSR count). The molecule has 0 amide bonds. The van der Waals surface area contributed by atoms with Gasteiger partial charge < -0.3 is 4.42 Å². The molecule has 0 aliphatic heterocycles. The number of nitrogens with zero attached hydrogens (tertiary/aromatic N) is 1. The average molecular weight is 189 g/mol. The van der Waals surface area contributed by atoms with E-state index in [0.717, 1.165) is 17.2 Å². The second-order valence-corrected chi connectivity index (χ2v) is 3.91. The number of rotatable bonds is 0. The van der Waals surface area contributed by atoms with Gasteiger partial charge in [0.15, 0.2) is 0 Å². The Kier molecular flexibility index (Phi) is 1.88. The van der Waals surface area contributed by atoms with Gasteiger partial charge in [-0.2, -0.15) is 0 Å². The number of hydrogen-bond acceptors (Lipinski definition) is 2. The Labute approximate surface area is 84.0 Å². The summed E-state index contributed by atoms with van der Waals surface area (Å²) in [7, 11) is 0. The summed E-state index contributed by atoms with van der Waals surface area (Å²) in [5.74, 6) is 0.973. The van der Waals surface area contributed by atoms with Crippen LogP contribution in [0.15, 0.2) is 4.42 Å². The zero-order valence-corrected chi connectivity index (χ0v) is 9.36. The van der Waals surface area contributed by atoms with E-state index in [1.165, 1.54) is 22.1 Å². The highest BCUT2D eigenvalue weighted by molar-refractivity contribution is 5.83. The van der Waals surface area contributed by atoms with Crippen molar-refractivity contribution in [3.8, 4) is 0 Å². The van der Waals surface area contributed by atoms with Gasteiger partial charge >= 0.3 is 0 Å². The molecule has 0 atom stereocenters. The van der Waals surface area contributed by atoms with E-state index >= 15 is 0 Å². The van der Waals surface area contributed by atoms with Gasteiger partial charge in [-0.3, -0.25) is 0 Å². The van der Waals surface area contributed by atoms with Crippen molar-refractivity contribution in [1.29, 1.82) is 0 Å². The van der Waals surface area contributed by atoms with Crippen LogP contribution in [0.2, 0.25) is 0 Å². The second-order valence-electron chi connectivity index (χ2n) is 3.91. The van der Waals surface area contributed by atoms with Crippen LogP contribution in [0.3, 0.4) is 0 Å². The van der Waals surface area contributed by atoms with Crippen molar-refractivity contribution in [3.63, 3.8) is 0 Å². The smallest absolute Gasteiger partial charge is 0.226 e. The van der Waals surface area contributed by atoms with Crippen LogP contribution < -0.4 is 0 Å². The molecule has 0 radical (unpaired) electrons. The van der Waals surface area contributed by atoms with Crippen LogP contribution in [0.4, 0.5) is 0 Å². The van der Waals surface area contributed by atoms with Crippen molar-refractivity contribution in [2.24, 2.45) is 0 Å². The Balaban J connectivity index is 2.99. The van der Waals surface area contributed by atoms with Crippen LogP contribution in [0.1, 0.15) is 28.1 Å². The Morgan fingerprint density at radius 2 is 1.50 bits per heavy atom. The van der Waals surface area contributed by atoms with Gasteiger partial charge in [0, 0.05) is 16.6 Å². The largest absolute Gasteiger partial charge is 0.443 e. The molecule has 0 aliphatic carbocycles. The van der Waals surface area contributed by atoms with Gasteiger partial charge in [-0.05, 0) is 45.7 Å². The first-order chi connectivity index (χ1) is 6.52. The number of furan rings is 1. The third-order valence-corrected chi connectivity index (χ3v) is 3.12. The van der Waals surface area contributed by atoms with Crippen molar-refractivity contribution in [2.45, 2.75) is 34.6 Å². The Morgan fingerprint density at radius 3 is 2.14 bits per heavy atom. The highest BCUT2D eigenvalue weighted by Gasteiger charge is 2.13. The molecule has 0 aromatic carbocycles. The minimum absolute atomic E-state index is 0.778. The van der Waals surface area contributed by atoms with Crippen LogP contribution in [-0.2, 0) is 0 Å². The van der Waals surface area contributed by atoms with Gasteiger partial charge in [-0.15, -0.1) is 0 Å². The van der Waals surface area contributed by atoms with E-state index in [-0.39, 0.29) is 0 Å². The number of aromatic nitrogens is 1. The summed E-state index contributed by atoms with van der Waals surface area (Å²) in [6.45, 7) is 10.3. The van der Waals surface area contributed by atoms with Gasteiger partial charge in [0.2, 0.25) is 5.71 Å². The zero-order valence-electron chi connectivity index (χ0n) is 9.36. The summed E-state index contributed by atoms with van der Waals surface area (Å²) in [5, 5.41) is 1.19. The molecule has 2 aromatic heterocycles. The molecular formula is C12H15NO. The lowest BCUT2D eigenvalue weighted by molar-refractivity contribution is 0.563. The van der Waals surface area contributed by atoms with Crippen molar-refractivity contribution >= 4 is 11.1 Å². The third-order valence-electron chi connectivity index (χ3n) is 3.12. The highest BCUT2D eigenvalue weighted by Crippen LogP contribution is 2.28. The predicted octanol–water partition coefficient (Wildman–Crippen LogP) is 3.37. The van der Waals surface area contributed by atoms with Crippen LogP contribution in [0, 0.1) is 34.6 Å². The Morgan fingerprint density at radius 1 is 0.857 bits per heavy atom. The van der Waals surface area contributed by atoms with Crippen molar-refractivity contribution in [2.75, 3.05) is 0 Å². The maximum Gasteiger partial charge on any atom is 0.226 e. The molecule has 2 aromatic rings. The average Bonchev–Trinajstić information content (AvgIpc) is 2.39. The lowest BCUT2D eigenvalue weighted by Gasteiger charge is -2.04. The molecule has 0 saturated heterocycles. The fourth-order valence-corrected chi connectivity index (χ4v) is 1.82. The van der Waals surface area contributed by atoms with Crippen LogP contribution >= 0.6 is 0 Å². The lowest BCUT2D eigenvalue weighted by Crippen LogP contribution is -1.91. The van der Waals surface area contributed by atoms with Gasteiger partial charge in [0.1, 0.15) is 5.76 Å². The number of aryl methyl sites for hydroxylation is 4. The van der Waals surface area contributed by atoms with Crippen molar-refractivity contribution in [3.05, 3.63) is 28.1 Å². The molecule has 2 heteroatoms. The van der Waals surface area contributed by atoms with Gasteiger partial charge in [0.05, 0.1) is 0 Å². The molecular weight excluding hydrogens is 174 g/mol. The van der Waals surface area contributed by atoms with E-state index in [0.29, 0.717) is 0 Å². The van der Waals surface area contributed by atoms with Crippen molar-refractivity contribution in [1.82, 2.24) is 4.98 Å². The zero-order chi connectivity index (χ0) is 10.5. The minimum atomic E-state index is 0.778. The summed E-state index contributed by atoms with van der Waals surface area (Å²) in [4.78, 5) is 4.45. The molecule has 74 valence electrons. The monoisotopic (exact) mass is 189 g/mol. The SMILES string of the molecule is Cc1nc2oc(C)c(C)c2c(C)c1C. The van der Waals surface area contributed by atoms with E-state index in [1.54, 1.807) is 0 Å². The van der Waals surface area contributed by atoms with Crippen LogP contribution in [0.25, 0.3) is 11.1 Å². The molecule has 0 spiro atoms. The quantitative estimate of drug-likeness (QED) is 0.635. The summed E-state index contributed by atoms with van der Waals surface area (Å²) in [5.41, 5.74) is 5.61. The summed E-state index contributed by atoms with van der Waals surface area (Å²) in [6, 6.07) is 0.